The van der Waals surface area contributed by atoms with Gasteiger partial charge < -0.3 is 0 Å². The van der Waals surface area contributed by atoms with Crippen molar-refractivity contribution in [3.63, 3.8) is 0 Å². The first kappa shape index (κ1) is 12.4. The van der Waals surface area contributed by atoms with Crippen molar-refractivity contribution >= 4 is 0 Å². The molecule has 0 aliphatic heterocycles. The molecule has 0 unspecified atom stereocenters. The van der Waals surface area contributed by atoms with Crippen LogP contribution in [0.5, 0.6) is 0 Å². The molecular formula is C15H11N7. The fourth-order valence-corrected chi connectivity index (χ4v) is 2.17. The van der Waals surface area contributed by atoms with Gasteiger partial charge in [-0.2, -0.15) is 5.10 Å². The molecule has 7 nitrogen and oxygen atoms in total. The van der Waals surface area contributed by atoms with Crippen molar-refractivity contribution in [2.45, 2.75) is 0 Å². The van der Waals surface area contributed by atoms with Gasteiger partial charge >= 0.3 is 0 Å². The van der Waals surface area contributed by atoms with Gasteiger partial charge in [0.1, 0.15) is 24.0 Å². The van der Waals surface area contributed by atoms with Crippen molar-refractivity contribution < 1.29 is 0 Å². The van der Waals surface area contributed by atoms with Gasteiger partial charge in [-0.25, -0.2) is 4.68 Å². The van der Waals surface area contributed by atoms with Gasteiger partial charge in [0.2, 0.25) is 0 Å². The summed E-state index contributed by atoms with van der Waals surface area (Å²) in [4.78, 5) is 8.32. The summed E-state index contributed by atoms with van der Waals surface area (Å²) >= 11 is 0. The lowest BCUT2D eigenvalue weighted by atomic mass is 10.3. The zero-order valence-corrected chi connectivity index (χ0v) is 11.5. The van der Waals surface area contributed by atoms with Crippen molar-refractivity contribution in [2.24, 2.45) is 0 Å². The quantitative estimate of drug-likeness (QED) is 0.576. The summed E-state index contributed by atoms with van der Waals surface area (Å²) < 4.78 is 3.65. The molecule has 4 rings (SSSR count). The van der Waals surface area contributed by atoms with E-state index in [-0.39, 0.29) is 0 Å². The molecule has 3 aromatic heterocycles. The zero-order valence-electron chi connectivity index (χ0n) is 11.5. The minimum Gasteiger partial charge on any atom is -0.288 e. The average Bonchev–Trinajstić information content (AvgIpc) is 3.28. The Hall–Kier alpha value is -3.35. The van der Waals surface area contributed by atoms with Crippen molar-refractivity contribution in [3.05, 3.63) is 67.8 Å². The number of rotatable bonds is 3. The highest BCUT2D eigenvalue weighted by molar-refractivity contribution is 5.53. The Morgan fingerprint density at radius 1 is 0.864 bits per heavy atom. The van der Waals surface area contributed by atoms with Gasteiger partial charge in [0, 0.05) is 18.6 Å². The summed E-state index contributed by atoms with van der Waals surface area (Å²) in [6, 6.07) is 9.86. The Morgan fingerprint density at radius 2 is 1.73 bits per heavy atom. The van der Waals surface area contributed by atoms with E-state index in [1.807, 2.05) is 41.1 Å². The molecule has 0 radical (unpaired) electrons. The van der Waals surface area contributed by atoms with E-state index in [0.717, 1.165) is 22.8 Å². The Morgan fingerprint density at radius 3 is 2.55 bits per heavy atom. The summed E-state index contributed by atoms with van der Waals surface area (Å²) in [7, 11) is 0. The van der Waals surface area contributed by atoms with Gasteiger partial charge in [-0.15, -0.1) is 10.2 Å². The monoisotopic (exact) mass is 289 g/mol. The van der Waals surface area contributed by atoms with E-state index in [0.29, 0.717) is 0 Å². The zero-order chi connectivity index (χ0) is 14.8. The van der Waals surface area contributed by atoms with E-state index >= 15 is 0 Å². The third-order valence-electron chi connectivity index (χ3n) is 3.23. The number of benzene rings is 1. The topological polar surface area (TPSA) is 74.3 Å². The first-order valence-corrected chi connectivity index (χ1v) is 6.68. The Bertz CT molecular complexity index is 881. The van der Waals surface area contributed by atoms with E-state index in [2.05, 4.69) is 25.3 Å². The summed E-state index contributed by atoms with van der Waals surface area (Å²) in [5.41, 5.74) is 3.44. The standard InChI is InChI=1S/C15H11N7/c1-2-12(21-10-18-19-11-21)8-13(3-1)22-7-4-14(20-22)15-9-16-5-6-17-15/h1-11H. The molecule has 0 bridgehead atoms. The van der Waals surface area contributed by atoms with Gasteiger partial charge in [-0.3, -0.25) is 14.5 Å². The van der Waals surface area contributed by atoms with Gasteiger partial charge in [0.15, 0.2) is 0 Å². The summed E-state index contributed by atoms with van der Waals surface area (Å²) in [5.74, 6) is 0. The normalized spacial score (nSPS) is 10.7. The predicted molar refractivity (Wildman–Crippen MR) is 79.5 cm³/mol. The van der Waals surface area contributed by atoms with Crippen molar-refractivity contribution in [2.75, 3.05) is 0 Å². The third-order valence-corrected chi connectivity index (χ3v) is 3.23. The van der Waals surface area contributed by atoms with Crippen LogP contribution in [0.4, 0.5) is 0 Å². The molecule has 0 saturated heterocycles. The third kappa shape index (κ3) is 2.24. The predicted octanol–water partition coefficient (Wildman–Crippen LogP) is 1.91. The highest BCUT2D eigenvalue weighted by atomic mass is 15.3. The fourth-order valence-electron chi connectivity index (χ4n) is 2.17. The van der Waals surface area contributed by atoms with Crippen LogP contribution in [0.15, 0.2) is 67.8 Å². The second kappa shape index (κ2) is 5.21. The van der Waals surface area contributed by atoms with E-state index < -0.39 is 0 Å². The molecule has 0 atom stereocenters. The lowest BCUT2D eigenvalue weighted by molar-refractivity contribution is 0.878. The van der Waals surface area contributed by atoms with Crippen LogP contribution in [0.2, 0.25) is 0 Å². The van der Waals surface area contributed by atoms with Crippen LogP contribution in [0.3, 0.4) is 0 Å². The molecule has 3 heterocycles. The largest absolute Gasteiger partial charge is 0.288 e. The van der Waals surface area contributed by atoms with Gasteiger partial charge in [0.05, 0.1) is 17.6 Å². The molecule has 4 aromatic rings. The summed E-state index contributed by atoms with van der Waals surface area (Å²) in [5, 5.41) is 12.2. The van der Waals surface area contributed by atoms with Gasteiger partial charge in [-0.1, -0.05) is 6.07 Å². The minimum atomic E-state index is 0.746. The molecule has 0 fully saturated rings. The Balaban J connectivity index is 1.71. The molecule has 0 saturated carbocycles. The molecule has 0 N–H and O–H groups in total. The van der Waals surface area contributed by atoms with Gasteiger partial charge in [0.25, 0.3) is 0 Å². The molecule has 1 aromatic carbocycles. The van der Waals surface area contributed by atoms with E-state index in [1.165, 1.54) is 0 Å². The van der Waals surface area contributed by atoms with Crippen LogP contribution in [-0.4, -0.2) is 34.5 Å². The van der Waals surface area contributed by atoms with Crippen molar-refractivity contribution in [1.82, 2.24) is 34.5 Å². The van der Waals surface area contributed by atoms with Gasteiger partial charge in [-0.05, 0) is 24.3 Å². The van der Waals surface area contributed by atoms with E-state index in [1.54, 1.807) is 35.9 Å². The molecular weight excluding hydrogens is 278 g/mol. The van der Waals surface area contributed by atoms with Crippen LogP contribution in [0.25, 0.3) is 22.8 Å². The lowest BCUT2D eigenvalue weighted by Gasteiger charge is -2.05. The molecule has 106 valence electrons. The maximum atomic E-state index is 4.55. The van der Waals surface area contributed by atoms with Crippen molar-refractivity contribution in [1.29, 1.82) is 0 Å². The molecule has 0 amide bonds. The van der Waals surface area contributed by atoms with Crippen LogP contribution in [0, 0.1) is 0 Å². The first-order valence-electron chi connectivity index (χ1n) is 6.68. The van der Waals surface area contributed by atoms with E-state index in [9.17, 15) is 0 Å². The van der Waals surface area contributed by atoms with Crippen LogP contribution >= 0.6 is 0 Å². The number of aromatic nitrogens is 7. The maximum Gasteiger partial charge on any atom is 0.123 e. The number of hydrogen-bond donors (Lipinski definition) is 0. The Kier molecular flexibility index (Phi) is 2.93. The Labute approximate surface area is 125 Å². The van der Waals surface area contributed by atoms with Crippen LogP contribution in [0.1, 0.15) is 0 Å². The fraction of sp³-hybridized carbons (Fsp3) is 0. The maximum absolute atomic E-state index is 4.55. The molecule has 22 heavy (non-hydrogen) atoms. The highest BCUT2D eigenvalue weighted by Crippen LogP contribution is 2.17. The first-order chi connectivity index (χ1) is 10.9. The van der Waals surface area contributed by atoms with Crippen LogP contribution in [-0.2, 0) is 0 Å². The highest BCUT2D eigenvalue weighted by Gasteiger charge is 2.06. The second-order valence-electron chi connectivity index (χ2n) is 4.63. The summed E-state index contributed by atoms with van der Waals surface area (Å²) in [6.45, 7) is 0. The smallest absolute Gasteiger partial charge is 0.123 e. The molecule has 0 spiro atoms. The number of hydrogen-bond acceptors (Lipinski definition) is 5. The molecule has 7 heteroatoms. The lowest BCUT2D eigenvalue weighted by Crippen LogP contribution is -1.98. The van der Waals surface area contributed by atoms with E-state index in [4.69, 9.17) is 0 Å². The average molecular weight is 289 g/mol. The second-order valence-corrected chi connectivity index (χ2v) is 4.63. The SMILES string of the molecule is c1cc(-n2cnnc2)cc(-n2ccc(-c3cnccn3)n2)c1. The molecule has 0 aliphatic carbocycles. The summed E-state index contributed by atoms with van der Waals surface area (Å²) in [6.07, 6.45) is 10.2. The molecule has 0 aliphatic rings. The van der Waals surface area contributed by atoms with Crippen molar-refractivity contribution in [3.8, 4) is 22.8 Å². The van der Waals surface area contributed by atoms with Crippen LogP contribution < -0.4 is 0 Å². The number of nitrogens with zero attached hydrogens (tertiary/aromatic N) is 7. The minimum absolute atomic E-state index is 0.746.